The van der Waals surface area contributed by atoms with Crippen molar-refractivity contribution in [1.29, 1.82) is 0 Å². The van der Waals surface area contributed by atoms with Gasteiger partial charge in [0.15, 0.2) is 0 Å². The number of rotatable bonds is 1. The maximum absolute atomic E-state index is 11.3. The summed E-state index contributed by atoms with van der Waals surface area (Å²) in [5.41, 5.74) is 0.0925. The second-order valence-electron chi connectivity index (χ2n) is 4.11. The molecule has 0 saturated carbocycles. The maximum Gasteiger partial charge on any atom is 0.250 e. The van der Waals surface area contributed by atoms with Crippen LogP contribution in [0.25, 0.3) is 0 Å². The van der Waals surface area contributed by atoms with E-state index in [0.717, 1.165) is 0 Å². The van der Waals surface area contributed by atoms with Crippen molar-refractivity contribution in [3.63, 3.8) is 0 Å². The van der Waals surface area contributed by atoms with Crippen molar-refractivity contribution in [2.75, 3.05) is 0 Å². The Kier molecular flexibility index (Phi) is 2.24. The van der Waals surface area contributed by atoms with E-state index in [1.807, 2.05) is 12.3 Å². The summed E-state index contributed by atoms with van der Waals surface area (Å²) in [4.78, 5) is 11.3. The summed E-state index contributed by atoms with van der Waals surface area (Å²) in [6.07, 6.45) is 1.84. The molecule has 0 aromatic carbocycles. The first-order valence-electron chi connectivity index (χ1n) is 4.08. The molecule has 3 heteroatoms. The molecule has 1 aromatic heterocycles. The van der Waals surface area contributed by atoms with Crippen LogP contribution < -0.4 is 10.7 Å². The fourth-order valence-corrected chi connectivity index (χ4v) is 2.15. The zero-order valence-corrected chi connectivity index (χ0v) is 9.09. The smallest absolute Gasteiger partial charge is 0.250 e. The lowest BCUT2D eigenvalue weighted by molar-refractivity contribution is 0.863. The standard InChI is InChI=1S/C9H15NOSi/c1-10-6-5-8(7-9(10)11)12(2,3)4/h5-7H,1-4H3. The van der Waals surface area contributed by atoms with Gasteiger partial charge in [-0.2, -0.15) is 0 Å². The Labute approximate surface area is 73.9 Å². The lowest BCUT2D eigenvalue weighted by Crippen LogP contribution is -2.40. The van der Waals surface area contributed by atoms with Gasteiger partial charge in [0, 0.05) is 19.3 Å². The molecule has 2 nitrogen and oxygen atoms in total. The van der Waals surface area contributed by atoms with Crippen LogP contribution in [0.5, 0.6) is 0 Å². The quantitative estimate of drug-likeness (QED) is 0.591. The van der Waals surface area contributed by atoms with Gasteiger partial charge in [-0.25, -0.2) is 0 Å². The Bertz CT molecular complexity index is 335. The van der Waals surface area contributed by atoms with Crippen LogP contribution >= 0.6 is 0 Å². The molecule has 0 fully saturated rings. The third-order valence-corrected chi connectivity index (χ3v) is 4.01. The third-order valence-electron chi connectivity index (χ3n) is 1.97. The molecule has 12 heavy (non-hydrogen) atoms. The first-order chi connectivity index (χ1) is 5.41. The summed E-state index contributed by atoms with van der Waals surface area (Å²) in [7, 11) is 0.473. The minimum absolute atomic E-state index is 0.0925. The zero-order chi connectivity index (χ0) is 9.35. The van der Waals surface area contributed by atoms with Gasteiger partial charge in [-0.15, -0.1) is 0 Å². The van der Waals surface area contributed by atoms with Crippen LogP contribution in [0, 0.1) is 0 Å². The summed E-state index contributed by atoms with van der Waals surface area (Å²) in [6.45, 7) is 6.71. The van der Waals surface area contributed by atoms with Gasteiger partial charge in [0.1, 0.15) is 0 Å². The first kappa shape index (κ1) is 9.26. The van der Waals surface area contributed by atoms with Gasteiger partial charge >= 0.3 is 0 Å². The molecule has 0 N–H and O–H groups in total. The molecule has 0 radical (unpaired) electrons. The van der Waals surface area contributed by atoms with E-state index >= 15 is 0 Å². The summed E-state index contributed by atoms with van der Waals surface area (Å²) in [6, 6.07) is 3.81. The first-order valence-corrected chi connectivity index (χ1v) is 7.58. The Balaban J connectivity index is 3.23. The molecule has 0 bridgehead atoms. The predicted molar refractivity (Wildman–Crippen MR) is 54.7 cm³/mol. The van der Waals surface area contributed by atoms with E-state index in [-0.39, 0.29) is 5.56 Å². The van der Waals surface area contributed by atoms with Gasteiger partial charge in [-0.3, -0.25) is 4.79 Å². The largest absolute Gasteiger partial charge is 0.319 e. The molecule has 0 aliphatic rings. The van der Waals surface area contributed by atoms with E-state index < -0.39 is 8.07 Å². The van der Waals surface area contributed by atoms with Crippen molar-refractivity contribution in [2.24, 2.45) is 7.05 Å². The van der Waals surface area contributed by atoms with Crippen LogP contribution in [0.2, 0.25) is 19.6 Å². The van der Waals surface area contributed by atoms with E-state index in [1.165, 1.54) is 5.19 Å². The van der Waals surface area contributed by atoms with Gasteiger partial charge in [0.25, 0.3) is 0 Å². The van der Waals surface area contributed by atoms with Crippen LogP contribution in [0.3, 0.4) is 0 Å². The van der Waals surface area contributed by atoms with Crippen LogP contribution in [-0.4, -0.2) is 12.6 Å². The minimum Gasteiger partial charge on any atom is -0.319 e. The van der Waals surface area contributed by atoms with E-state index in [0.29, 0.717) is 0 Å². The maximum atomic E-state index is 11.3. The Morgan fingerprint density at radius 3 is 2.33 bits per heavy atom. The summed E-state index contributed by atoms with van der Waals surface area (Å²) < 4.78 is 1.60. The van der Waals surface area contributed by atoms with Gasteiger partial charge < -0.3 is 4.57 Å². The summed E-state index contributed by atoms with van der Waals surface area (Å²) >= 11 is 0. The van der Waals surface area contributed by atoms with Crippen molar-refractivity contribution in [2.45, 2.75) is 19.6 Å². The molecule has 0 aliphatic carbocycles. The number of pyridine rings is 1. The van der Waals surface area contributed by atoms with E-state index in [2.05, 4.69) is 19.6 Å². The zero-order valence-electron chi connectivity index (χ0n) is 8.09. The Hall–Kier alpha value is -0.833. The lowest BCUT2D eigenvalue weighted by Gasteiger charge is -2.15. The van der Waals surface area contributed by atoms with Crippen LogP contribution in [0.1, 0.15) is 0 Å². The summed E-state index contributed by atoms with van der Waals surface area (Å²) in [5.74, 6) is 0. The fraction of sp³-hybridized carbons (Fsp3) is 0.444. The van der Waals surface area contributed by atoms with E-state index in [9.17, 15) is 4.79 Å². The SMILES string of the molecule is Cn1ccc([Si](C)(C)C)cc1=O. The molecule has 0 unspecified atom stereocenters. The Morgan fingerprint density at radius 2 is 1.92 bits per heavy atom. The lowest BCUT2D eigenvalue weighted by atomic mass is 10.5. The number of aromatic nitrogens is 1. The second-order valence-corrected chi connectivity index (χ2v) is 9.19. The second kappa shape index (κ2) is 2.90. The highest BCUT2D eigenvalue weighted by molar-refractivity contribution is 6.88. The molecular formula is C9H15NOSi. The molecule has 66 valence electrons. The van der Waals surface area contributed by atoms with Crippen molar-refractivity contribution in [3.8, 4) is 0 Å². The van der Waals surface area contributed by atoms with Gasteiger partial charge in [-0.1, -0.05) is 24.8 Å². The van der Waals surface area contributed by atoms with Crippen LogP contribution in [-0.2, 0) is 7.05 Å². The molecule has 1 aromatic rings. The van der Waals surface area contributed by atoms with E-state index in [4.69, 9.17) is 0 Å². The number of hydrogen-bond acceptors (Lipinski definition) is 1. The number of nitrogens with zero attached hydrogens (tertiary/aromatic N) is 1. The van der Waals surface area contributed by atoms with Crippen LogP contribution in [0.15, 0.2) is 23.1 Å². The number of hydrogen-bond donors (Lipinski definition) is 0. The predicted octanol–water partition coefficient (Wildman–Crippen LogP) is 0.930. The summed E-state index contributed by atoms with van der Waals surface area (Å²) in [5, 5.41) is 1.23. The fourth-order valence-electron chi connectivity index (χ4n) is 1.02. The van der Waals surface area contributed by atoms with Crippen molar-refractivity contribution >= 4 is 13.3 Å². The van der Waals surface area contributed by atoms with Gasteiger partial charge in [0.2, 0.25) is 5.56 Å². The van der Waals surface area contributed by atoms with Crippen LogP contribution in [0.4, 0.5) is 0 Å². The van der Waals surface area contributed by atoms with Crippen molar-refractivity contribution < 1.29 is 0 Å². The average Bonchev–Trinajstić information content (AvgIpc) is 1.92. The molecule has 0 atom stereocenters. The molecule has 1 heterocycles. The monoisotopic (exact) mass is 181 g/mol. The molecule has 0 amide bonds. The van der Waals surface area contributed by atoms with Crippen molar-refractivity contribution in [1.82, 2.24) is 4.57 Å². The highest BCUT2D eigenvalue weighted by Crippen LogP contribution is 1.98. The minimum atomic E-state index is -1.30. The molecule has 0 saturated heterocycles. The van der Waals surface area contributed by atoms with Gasteiger partial charge in [0.05, 0.1) is 8.07 Å². The van der Waals surface area contributed by atoms with E-state index in [1.54, 1.807) is 17.7 Å². The number of aryl methyl sites for hydroxylation is 1. The van der Waals surface area contributed by atoms with Crippen molar-refractivity contribution in [3.05, 3.63) is 28.7 Å². The highest BCUT2D eigenvalue weighted by Gasteiger charge is 2.16. The third kappa shape index (κ3) is 1.85. The molecule has 0 aliphatic heterocycles. The highest BCUT2D eigenvalue weighted by atomic mass is 28.3. The average molecular weight is 181 g/mol. The molecule has 1 rings (SSSR count). The normalized spacial score (nSPS) is 11.7. The Morgan fingerprint density at radius 1 is 1.33 bits per heavy atom. The molecule has 0 spiro atoms. The topological polar surface area (TPSA) is 22.0 Å². The van der Waals surface area contributed by atoms with Gasteiger partial charge in [-0.05, 0) is 6.07 Å². The molecular weight excluding hydrogens is 166 g/mol.